The van der Waals surface area contributed by atoms with Crippen molar-refractivity contribution in [3.63, 3.8) is 0 Å². The second-order valence-electron chi connectivity index (χ2n) is 3.76. The highest BCUT2D eigenvalue weighted by atomic mass is 35.5. The number of aromatic nitrogens is 1. The van der Waals surface area contributed by atoms with Crippen molar-refractivity contribution in [3.8, 4) is 0 Å². The van der Waals surface area contributed by atoms with Crippen LogP contribution in [-0.2, 0) is 4.79 Å². The number of nitrogens with zero attached hydrogens (tertiary/aromatic N) is 2. The zero-order valence-electron chi connectivity index (χ0n) is 9.15. The summed E-state index contributed by atoms with van der Waals surface area (Å²) in [6.07, 6.45) is 1.83. The van der Waals surface area contributed by atoms with Gasteiger partial charge in [-0.3, -0.25) is 9.59 Å². The Bertz CT molecular complexity index is 450. The number of pyridine rings is 1. The lowest BCUT2D eigenvalue weighted by molar-refractivity contribution is -0.120. The Hall–Kier alpha value is -1.62. The minimum Gasteiger partial charge on any atom is -0.354 e. The second-order valence-corrected chi connectivity index (χ2v) is 4.15. The van der Waals surface area contributed by atoms with E-state index in [-0.39, 0.29) is 11.8 Å². The Balaban J connectivity index is 2.11. The van der Waals surface area contributed by atoms with Gasteiger partial charge in [-0.2, -0.15) is 0 Å². The topological polar surface area (TPSA) is 62.3 Å². The number of halogens is 1. The van der Waals surface area contributed by atoms with Gasteiger partial charge < -0.3 is 10.2 Å². The predicted molar refractivity (Wildman–Crippen MR) is 62.8 cm³/mol. The van der Waals surface area contributed by atoms with Crippen LogP contribution in [0.25, 0.3) is 0 Å². The van der Waals surface area contributed by atoms with Gasteiger partial charge in [0.25, 0.3) is 5.91 Å². The van der Waals surface area contributed by atoms with E-state index in [0.717, 1.165) is 0 Å². The third-order valence-electron chi connectivity index (χ3n) is 2.57. The maximum atomic E-state index is 12.1. The molecule has 0 aromatic carbocycles. The van der Waals surface area contributed by atoms with Gasteiger partial charge in [-0.05, 0) is 12.1 Å². The summed E-state index contributed by atoms with van der Waals surface area (Å²) in [7, 11) is 0. The van der Waals surface area contributed by atoms with Gasteiger partial charge in [0.2, 0.25) is 5.91 Å². The van der Waals surface area contributed by atoms with Crippen LogP contribution in [-0.4, -0.2) is 41.3 Å². The van der Waals surface area contributed by atoms with Crippen LogP contribution in [0.15, 0.2) is 18.3 Å². The minimum atomic E-state index is -0.120. The van der Waals surface area contributed by atoms with E-state index in [0.29, 0.717) is 36.8 Å². The highest BCUT2D eigenvalue weighted by molar-refractivity contribution is 6.29. The first-order valence-electron chi connectivity index (χ1n) is 5.34. The van der Waals surface area contributed by atoms with Gasteiger partial charge in [0.15, 0.2) is 0 Å². The van der Waals surface area contributed by atoms with Crippen molar-refractivity contribution in [1.29, 1.82) is 0 Å². The van der Waals surface area contributed by atoms with Gasteiger partial charge in [0.05, 0.1) is 0 Å². The van der Waals surface area contributed by atoms with Gasteiger partial charge in [0.1, 0.15) is 5.15 Å². The quantitative estimate of drug-likeness (QED) is 0.750. The SMILES string of the molecule is O=C1CCN(C(=O)c2ccnc(Cl)c2)CCN1. The number of rotatable bonds is 1. The van der Waals surface area contributed by atoms with Crippen LogP contribution in [0, 0.1) is 0 Å². The lowest BCUT2D eigenvalue weighted by Crippen LogP contribution is -2.34. The highest BCUT2D eigenvalue weighted by Gasteiger charge is 2.19. The van der Waals surface area contributed by atoms with E-state index in [1.165, 1.54) is 12.3 Å². The molecule has 2 heterocycles. The fraction of sp³-hybridized carbons (Fsp3) is 0.364. The number of hydrogen-bond acceptors (Lipinski definition) is 3. The Labute approximate surface area is 104 Å². The van der Waals surface area contributed by atoms with Crippen molar-refractivity contribution in [2.75, 3.05) is 19.6 Å². The Morgan fingerprint density at radius 2 is 2.29 bits per heavy atom. The average Bonchev–Trinajstić information content (AvgIpc) is 2.53. The van der Waals surface area contributed by atoms with Gasteiger partial charge in [-0.15, -0.1) is 0 Å². The molecule has 2 amide bonds. The average molecular weight is 254 g/mol. The molecule has 0 radical (unpaired) electrons. The molecule has 2 rings (SSSR count). The van der Waals surface area contributed by atoms with Crippen LogP contribution in [0.2, 0.25) is 5.15 Å². The molecule has 1 fully saturated rings. The van der Waals surface area contributed by atoms with Crippen molar-refractivity contribution in [2.24, 2.45) is 0 Å². The zero-order chi connectivity index (χ0) is 12.3. The number of carbonyl (C=O) groups excluding carboxylic acids is 2. The van der Waals surface area contributed by atoms with Crippen LogP contribution in [0.4, 0.5) is 0 Å². The van der Waals surface area contributed by atoms with E-state index in [1.54, 1.807) is 11.0 Å². The molecule has 0 spiro atoms. The molecule has 1 aliphatic heterocycles. The molecule has 1 aromatic heterocycles. The van der Waals surface area contributed by atoms with Gasteiger partial charge in [0, 0.05) is 37.8 Å². The highest BCUT2D eigenvalue weighted by Crippen LogP contribution is 2.10. The summed E-state index contributed by atoms with van der Waals surface area (Å²) < 4.78 is 0. The fourth-order valence-electron chi connectivity index (χ4n) is 1.69. The van der Waals surface area contributed by atoms with Gasteiger partial charge in [-0.25, -0.2) is 4.98 Å². The van der Waals surface area contributed by atoms with Crippen LogP contribution in [0.3, 0.4) is 0 Å². The van der Waals surface area contributed by atoms with Crippen LogP contribution in [0.5, 0.6) is 0 Å². The molecule has 1 aliphatic rings. The van der Waals surface area contributed by atoms with Crippen molar-refractivity contribution < 1.29 is 9.59 Å². The minimum absolute atomic E-state index is 0.0203. The monoisotopic (exact) mass is 253 g/mol. The van der Waals surface area contributed by atoms with E-state index in [2.05, 4.69) is 10.3 Å². The number of hydrogen-bond donors (Lipinski definition) is 1. The lowest BCUT2D eigenvalue weighted by atomic mass is 10.2. The third-order valence-corrected chi connectivity index (χ3v) is 2.78. The normalized spacial score (nSPS) is 16.3. The molecule has 0 aliphatic carbocycles. The molecular formula is C11H12ClN3O2. The smallest absolute Gasteiger partial charge is 0.254 e. The first-order valence-corrected chi connectivity index (χ1v) is 5.72. The fourth-order valence-corrected chi connectivity index (χ4v) is 1.86. The van der Waals surface area contributed by atoms with Gasteiger partial charge >= 0.3 is 0 Å². The lowest BCUT2D eigenvalue weighted by Gasteiger charge is -2.19. The van der Waals surface area contributed by atoms with Crippen LogP contribution >= 0.6 is 11.6 Å². The first-order chi connectivity index (χ1) is 8.16. The molecular weight excluding hydrogens is 242 g/mol. The molecule has 17 heavy (non-hydrogen) atoms. The van der Waals surface area contributed by atoms with E-state index < -0.39 is 0 Å². The summed E-state index contributed by atoms with van der Waals surface area (Å²) in [4.78, 5) is 28.7. The summed E-state index contributed by atoms with van der Waals surface area (Å²) in [5, 5.41) is 3.01. The molecule has 1 aromatic rings. The van der Waals surface area contributed by atoms with E-state index >= 15 is 0 Å². The number of nitrogens with one attached hydrogen (secondary N) is 1. The summed E-state index contributed by atoms with van der Waals surface area (Å²) in [5.41, 5.74) is 0.499. The Morgan fingerprint density at radius 3 is 3.06 bits per heavy atom. The van der Waals surface area contributed by atoms with Crippen LogP contribution < -0.4 is 5.32 Å². The molecule has 6 heteroatoms. The maximum Gasteiger partial charge on any atom is 0.254 e. The van der Waals surface area contributed by atoms with Crippen molar-refractivity contribution in [1.82, 2.24) is 15.2 Å². The van der Waals surface area contributed by atoms with Gasteiger partial charge in [-0.1, -0.05) is 11.6 Å². The zero-order valence-corrected chi connectivity index (χ0v) is 9.91. The first kappa shape index (κ1) is 11.9. The largest absolute Gasteiger partial charge is 0.354 e. The molecule has 0 saturated carbocycles. The van der Waals surface area contributed by atoms with Crippen molar-refractivity contribution in [2.45, 2.75) is 6.42 Å². The molecule has 5 nitrogen and oxygen atoms in total. The third kappa shape index (κ3) is 2.94. The summed E-state index contributed by atoms with van der Waals surface area (Å²) >= 11 is 5.73. The predicted octanol–water partition coefficient (Wildman–Crippen LogP) is 0.697. The standard InChI is InChI=1S/C11H12ClN3O2/c12-9-7-8(1-3-13-9)11(17)15-5-2-10(16)14-4-6-15/h1,3,7H,2,4-6H2,(H,14,16). The summed E-state index contributed by atoms with van der Waals surface area (Å²) in [6, 6.07) is 3.15. The van der Waals surface area contributed by atoms with E-state index in [9.17, 15) is 9.59 Å². The van der Waals surface area contributed by atoms with E-state index in [4.69, 9.17) is 11.6 Å². The van der Waals surface area contributed by atoms with E-state index in [1.807, 2.05) is 0 Å². The Morgan fingerprint density at radius 1 is 1.47 bits per heavy atom. The maximum absolute atomic E-state index is 12.1. The number of amides is 2. The van der Waals surface area contributed by atoms with Crippen LogP contribution in [0.1, 0.15) is 16.8 Å². The van der Waals surface area contributed by atoms with Crippen molar-refractivity contribution >= 4 is 23.4 Å². The summed E-state index contributed by atoms with van der Waals surface area (Å²) in [5.74, 6) is -0.140. The van der Waals surface area contributed by atoms with Crippen molar-refractivity contribution in [3.05, 3.63) is 29.0 Å². The molecule has 90 valence electrons. The summed E-state index contributed by atoms with van der Waals surface area (Å²) in [6.45, 7) is 1.44. The molecule has 0 atom stereocenters. The Kier molecular flexibility index (Phi) is 3.58. The molecule has 0 unspecified atom stereocenters. The second kappa shape index (κ2) is 5.14. The molecule has 1 N–H and O–H groups in total. The number of carbonyl (C=O) groups is 2. The molecule has 1 saturated heterocycles. The molecule has 0 bridgehead atoms.